The molecule has 2 aliphatic heterocycles. The molecule has 0 spiro atoms. The Labute approximate surface area is 174 Å². The van der Waals surface area contributed by atoms with E-state index in [0.29, 0.717) is 24.4 Å². The van der Waals surface area contributed by atoms with E-state index in [0.717, 1.165) is 18.2 Å². The number of fused-ring (bicyclic) bond motifs is 6. The van der Waals surface area contributed by atoms with Crippen LogP contribution >= 0.6 is 0 Å². The Bertz CT molecular complexity index is 1100. The van der Waals surface area contributed by atoms with Crippen LogP contribution in [0.4, 0.5) is 13.2 Å². The van der Waals surface area contributed by atoms with Gasteiger partial charge in [-0.1, -0.05) is 24.6 Å². The number of alkyl halides is 3. The lowest BCUT2D eigenvalue weighted by Crippen LogP contribution is -2.37. The van der Waals surface area contributed by atoms with Crippen LogP contribution in [0, 0.1) is 6.92 Å². The van der Waals surface area contributed by atoms with Crippen molar-refractivity contribution < 1.29 is 13.2 Å². The van der Waals surface area contributed by atoms with Gasteiger partial charge in [0.2, 0.25) is 0 Å². The molecule has 1 saturated heterocycles. The molecule has 2 aliphatic rings. The standard InChI is InChI=1S/C24H26F3N3/c1-14-4-6-19-17(12-14)22-20-8-7-18(29(20)3)15(2)23(22)30(19)11-10-16-5-9-21(28-13-16)24(25,26)27/h4-6,9,12-13,15,18,20H,7-8,10-11H2,1-3H3. The van der Waals surface area contributed by atoms with Gasteiger partial charge in [0, 0.05) is 47.3 Å². The molecular formula is C24H26F3N3. The molecule has 3 unspecified atom stereocenters. The van der Waals surface area contributed by atoms with Crippen molar-refractivity contribution in [3.05, 3.63) is 64.6 Å². The van der Waals surface area contributed by atoms with Gasteiger partial charge >= 0.3 is 6.18 Å². The van der Waals surface area contributed by atoms with Gasteiger partial charge in [-0.25, -0.2) is 0 Å². The molecule has 4 heterocycles. The third kappa shape index (κ3) is 2.96. The maximum Gasteiger partial charge on any atom is 0.433 e. The Morgan fingerprint density at radius 1 is 1.13 bits per heavy atom. The van der Waals surface area contributed by atoms with Crippen LogP contribution < -0.4 is 0 Å². The molecule has 5 rings (SSSR count). The molecule has 158 valence electrons. The van der Waals surface area contributed by atoms with Crippen molar-refractivity contribution in [2.75, 3.05) is 7.05 Å². The number of likely N-dealkylation sites (N-methyl/N-ethyl adjacent to an activating group) is 1. The van der Waals surface area contributed by atoms with Crippen LogP contribution in [0.15, 0.2) is 36.5 Å². The fourth-order valence-corrected chi connectivity index (χ4v) is 5.68. The van der Waals surface area contributed by atoms with E-state index in [1.807, 2.05) is 0 Å². The van der Waals surface area contributed by atoms with Crippen molar-refractivity contribution in [1.82, 2.24) is 14.5 Å². The number of halogens is 3. The number of hydrogen-bond donors (Lipinski definition) is 0. The highest BCUT2D eigenvalue weighted by Gasteiger charge is 2.44. The smallest absolute Gasteiger partial charge is 0.344 e. The predicted molar refractivity (Wildman–Crippen MR) is 112 cm³/mol. The van der Waals surface area contributed by atoms with E-state index in [1.54, 1.807) is 6.07 Å². The lowest BCUT2D eigenvalue weighted by atomic mass is 9.89. The van der Waals surface area contributed by atoms with Crippen LogP contribution in [0.3, 0.4) is 0 Å². The number of aromatic nitrogens is 2. The Morgan fingerprint density at radius 2 is 1.93 bits per heavy atom. The molecule has 3 atom stereocenters. The highest BCUT2D eigenvalue weighted by Crippen LogP contribution is 2.51. The molecule has 3 aromatic rings. The first-order chi connectivity index (χ1) is 14.3. The summed E-state index contributed by atoms with van der Waals surface area (Å²) in [6.45, 7) is 5.20. The Hall–Kier alpha value is -2.34. The first-order valence-electron chi connectivity index (χ1n) is 10.6. The molecule has 1 fully saturated rings. The normalized spacial score (nSPS) is 23.9. The monoisotopic (exact) mass is 413 g/mol. The minimum Gasteiger partial charge on any atom is -0.344 e. The molecule has 30 heavy (non-hydrogen) atoms. The van der Waals surface area contributed by atoms with Gasteiger partial charge in [0.15, 0.2) is 0 Å². The average Bonchev–Trinajstić information content (AvgIpc) is 3.17. The largest absolute Gasteiger partial charge is 0.433 e. The lowest BCUT2D eigenvalue weighted by Gasteiger charge is -2.37. The minimum absolute atomic E-state index is 0.433. The number of aryl methyl sites for hydroxylation is 3. The zero-order valence-electron chi connectivity index (χ0n) is 17.5. The summed E-state index contributed by atoms with van der Waals surface area (Å²) in [5.41, 5.74) is 5.36. The summed E-state index contributed by atoms with van der Waals surface area (Å²) in [6.07, 6.45) is 0.0352. The van der Waals surface area contributed by atoms with E-state index >= 15 is 0 Å². The number of rotatable bonds is 3. The molecular weight excluding hydrogens is 387 g/mol. The van der Waals surface area contributed by atoms with Crippen molar-refractivity contribution in [3.8, 4) is 0 Å². The Morgan fingerprint density at radius 3 is 2.63 bits per heavy atom. The van der Waals surface area contributed by atoms with E-state index in [2.05, 4.69) is 53.5 Å². The summed E-state index contributed by atoms with van der Waals surface area (Å²) < 4.78 is 40.8. The highest BCUT2D eigenvalue weighted by atomic mass is 19.4. The van der Waals surface area contributed by atoms with Crippen LogP contribution in [0.1, 0.15) is 59.8 Å². The maximum atomic E-state index is 12.8. The molecule has 0 saturated carbocycles. The fraction of sp³-hybridized carbons (Fsp3) is 0.458. The number of pyridine rings is 1. The van der Waals surface area contributed by atoms with Gasteiger partial charge in [-0.05, 0) is 62.6 Å². The van der Waals surface area contributed by atoms with Crippen molar-refractivity contribution in [2.45, 2.75) is 63.8 Å². The lowest BCUT2D eigenvalue weighted by molar-refractivity contribution is -0.141. The summed E-state index contributed by atoms with van der Waals surface area (Å²) >= 11 is 0. The summed E-state index contributed by atoms with van der Waals surface area (Å²) in [5.74, 6) is 0.433. The van der Waals surface area contributed by atoms with Crippen LogP contribution in [0.25, 0.3) is 10.9 Å². The van der Waals surface area contributed by atoms with E-state index in [9.17, 15) is 13.2 Å². The third-order valence-electron chi connectivity index (χ3n) is 7.13. The zero-order chi connectivity index (χ0) is 21.2. The Balaban J connectivity index is 1.54. The van der Waals surface area contributed by atoms with E-state index in [1.165, 1.54) is 46.8 Å². The Kier molecular flexibility index (Phi) is 4.47. The quantitative estimate of drug-likeness (QED) is 0.536. The predicted octanol–water partition coefficient (Wildman–Crippen LogP) is 5.86. The molecule has 0 radical (unpaired) electrons. The summed E-state index contributed by atoms with van der Waals surface area (Å²) in [5, 5.41) is 1.33. The van der Waals surface area contributed by atoms with Crippen molar-refractivity contribution in [2.24, 2.45) is 0 Å². The van der Waals surface area contributed by atoms with E-state index < -0.39 is 11.9 Å². The van der Waals surface area contributed by atoms with Crippen molar-refractivity contribution in [3.63, 3.8) is 0 Å². The number of nitrogens with zero attached hydrogens (tertiary/aromatic N) is 3. The van der Waals surface area contributed by atoms with Gasteiger partial charge in [-0.3, -0.25) is 9.88 Å². The summed E-state index contributed by atoms with van der Waals surface area (Å²) in [7, 11) is 2.24. The SMILES string of the molecule is Cc1ccc2c(c1)c1c(n2CCc2ccc(C(F)(F)F)nc2)C(C)C2CCC1N2C. The van der Waals surface area contributed by atoms with Crippen molar-refractivity contribution in [1.29, 1.82) is 0 Å². The first-order valence-corrected chi connectivity index (χ1v) is 10.6. The van der Waals surface area contributed by atoms with Gasteiger partial charge in [-0.15, -0.1) is 0 Å². The van der Waals surface area contributed by atoms with Crippen LogP contribution in [-0.4, -0.2) is 27.5 Å². The molecule has 0 N–H and O–H groups in total. The summed E-state index contributed by atoms with van der Waals surface area (Å²) in [6, 6.07) is 10.3. The van der Waals surface area contributed by atoms with Gasteiger partial charge in [0.1, 0.15) is 5.69 Å². The molecule has 6 heteroatoms. The third-order valence-corrected chi connectivity index (χ3v) is 7.13. The second kappa shape index (κ2) is 6.84. The molecule has 1 aromatic carbocycles. The molecule has 2 bridgehead atoms. The second-order valence-corrected chi connectivity index (χ2v) is 8.89. The molecule has 0 amide bonds. The van der Waals surface area contributed by atoms with E-state index in [4.69, 9.17) is 0 Å². The van der Waals surface area contributed by atoms with Gasteiger partial charge in [0.05, 0.1) is 0 Å². The fourth-order valence-electron chi connectivity index (χ4n) is 5.68. The number of benzene rings is 1. The van der Waals surface area contributed by atoms with Gasteiger partial charge < -0.3 is 4.57 Å². The average molecular weight is 413 g/mol. The molecule has 0 aliphatic carbocycles. The van der Waals surface area contributed by atoms with Crippen LogP contribution in [0.2, 0.25) is 0 Å². The highest BCUT2D eigenvalue weighted by molar-refractivity contribution is 5.87. The maximum absolute atomic E-state index is 12.8. The van der Waals surface area contributed by atoms with Gasteiger partial charge in [0.25, 0.3) is 0 Å². The second-order valence-electron chi connectivity index (χ2n) is 8.89. The minimum atomic E-state index is -4.40. The topological polar surface area (TPSA) is 21.1 Å². The molecule has 2 aromatic heterocycles. The van der Waals surface area contributed by atoms with Crippen LogP contribution in [-0.2, 0) is 19.1 Å². The first kappa shape index (κ1) is 19.6. The summed E-state index contributed by atoms with van der Waals surface area (Å²) in [4.78, 5) is 6.17. The van der Waals surface area contributed by atoms with E-state index in [-0.39, 0.29) is 0 Å². The van der Waals surface area contributed by atoms with Crippen molar-refractivity contribution >= 4 is 10.9 Å². The molecule has 3 nitrogen and oxygen atoms in total. The zero-order valence-corrected chi connectivity index (χ0v) is 17.5. The number of hydrogen-bond acceptors (Lipinski definition) is 2. The van der Waals surface area contributed by atoms with Gasteiger partial charge in [-0.2, -0.15) is 13.2 Å². The van der Waals surface area contributed by atoms with Crippen LogP contribution in [0.5, 0.6) is 0 Å².